The number of hydrogen-bond donors (Lipinski definition) is 2. The first-order valence-corrected chi connectivity index (χ1v) is 10.5. The second kappa shape index (κ2) is 9.55. The number of aryl methyl sites for hydroxylation is 1. The van der Waals surface area contributed by atoms with Gasteiger partial charge in [0, 0.05) is 35.9 Å². The van der Waals surface area contributed by atoms with Crippen molar-refractivity contribution >= 4 is 17.3 Å². The van der Waals surface area contributed by atoms with Gasteiger partial charge in [-0.2, -0.15) is 0 Å². The van der Waals surface area contributed by atoms with Gasteiger partial charge in [0.05, 0.1) is 25.8 Å². The highest BCUT2D eigenvalue weighted by Crippen LogP contribution is 2.31. The second-order valence-electron chi connectivity index (χ2n) is 6.99. The van der Waals surface area contributed by atoms with Crippen LogP contribution in [0.15, 0.2) is 17.1 Å². The van der Waals surface area contributed by atoms with Gasteiger partial charge in [-0.15, -0.1) is 11.3 Å². The van der Waals surface area contributed by atoms with Gasteiger partial charge >= 0.3 is 0 Å². The van der Waals surface area contributed by atoms with E-state index in [4.69, 9.17) is 9.73 Å². The van der Waals surface area contributed by atoms with Crippen LogP contribution in [0.2, 0.25) is 0 Å². The van der Waals surface area contributed by atoms with Crippen molar-refractivity contribution in [2.75, 3.05) is 45.9 Å². The standard InChI is InChI=1S/C19H32N4OS/c1-3-20-19(21-9-8-16-5-6-16)22-14-17(18-7-4-15(2)25-18)23-10-12-24-13-11-23/h4,7,16-17H,3,5-6,8-14H2,1-2H3,(H2,20,21,22). The molecular weight excluding hydrogens is 332 g/mol. The number of hydrogen-bond acceptors (Lipinski definition) is 4. The molecule has 0 spiro atoms. The number of nitrogens with one attached hydrogen (secondary N) is 2. The predicted molar refractivity (Wildman–Crippen MR) is 106 cm³/mol. The first-order chi connectivity index (χ1) is 12.3. The fourth-order valence-corrected chi connectivity index (χ4v) is 4.23. The number of aliphatic imine (C=N–C) groups is 1. The Morgan fingerprint density at radius 1 is 1.32 bits per heavy atom. The maximum absolute atomic E-state index is 5.54. The molecule has 0 radical (unpaired) electrons. The lowest BCUT2D eigenvalue weighted by Crippen LogP contribution is -2.41. The van der Waals surface area contributed by atoms with E-state index in [1.165, 1.54) is 29.0 Å². The summed E-state index contributed by atoms with van der Waals surface area (Å²) in [4.78, 5) is 10.2. The molecule has 1 aromatic heterocycles. The molecule has 1 aliphatic heterocycles. The van der Waals surface area contributed by atoms with E-state index >= 15 is 0 Å². The second-order valence-corrected chi connectivity index (χ2v) is 8.31. The summed E-state index contributed by atoms with van der Waals surface area (Å²) in [7, 11) is 0. The Morgan fingerprint density at radius 2 is 2.12 bits per heavy atom. The van der Waals surface area contributed by atoms with E-state index in [1.807, 2.05) is 11.3 Å². The van der Waals surface area contributed by atoms with Gasteiger partial charge in [0.2, 0.25) is 0 Å². The van der Waals surface area contributed by atoms with Crippen molar-refractivity contribution in [3.05, 3.63) is 21.9 Å². The van der Waals surface area contributed by atoms with Crippen LogP contribution in [0, 0.1) is 12.8 Å². The Morgan fingerprint density at radius 3 is 2.76 bits per heavy atom. The van der Waals surface area contributed by atoms with Crippen LogP contribution < -0.4 is 10.6 Å². The van der Waals surface area contributed by atoms with Crippen molar-refractivity contribution in [2.24, 2.45) is 10.9 Å². The molecule has 0 bridgehead atoms. The molecule has 5 nitrogen and oxygen atoms in total. The van der Waals surface area contributed by atoms with Crippen molar-refractivity contribution < 1.29 is 4.74 Å². The third-order valence-corrected chi connectivity index (χ3v) is 5.99. The highest BCUT2D eigenvalue weighted by atomic mass is 32.1. The molecule has 3 rings (SSSR count). The van der Waals surface area contributed by atoms with Crippen LogP contribution in [0.25, 0.3) is 0 Å². The van der Waals surface area contributed by atoms with E-state index in [0.717, 1.165) is 57.8 Å². The highest BCUT2D eigenvalue weighted by molar-refractivity contribution is 7.12. The topological polar surface area (TPSA) is 48.9 Å². The first-order valence-electron chi connectivity index (χ1n) is 9.66. The van der Waals surface area contributed by atoms with Crippen LogP contribution in [0.4, 0.5) is 0 Å². The van der Waals surface area contributed by atoms with Crippen LogP contribution in [0.3, 0.4) is 0 Å². The van der Waals surface area contributed by atoms with Gasteiger partial charge in [0.15, 0.2) is 5.96 Å². The van der Waals surface area contributed by atoms with E-state index in [0.29, 0.717) is 6.04 Å². The van der Waals surface area contributed by atoms with E-state index in [2.05, 4.69) is 41.5 Å². The van der Waals surface area contributed by atoms with Crippen molar-refractivity contribution in [3.8, 4) is 0 Å². The van der Waals surface area contributed by atoms with Crippen molar-refractivity contribution in [3.63, 3.8) is 0 Å². The SMILES string of the molecule is CCNC(=NCC(c1ccc(C)s1)N1CCOCC1)NCCC1CC1. The fraction of sp³-hybridized carbons (Fsp3) is 0.737. The zero-order valence-electron chi connectivity index (χ0n) is 15.6. The van der Waals surface area contributed by atoms with Gasteiger partial charge in [-0.1, -0.05) is 12.8 Å². The molecule has 2 fully saturated rings. The van der Waals surface area contributed by atoms with Gasteiger partial charge in [-0.3, -0.25) is 9.89 Å². The molecule has 0 aromatic carbocycles. The average Bonchev–Trinajstić information content (AvgIpc) is 3.35. The third-order valence-electron chi connectivity index (χ3n) is 4.88. The zero-order chi connectivity index (χ0) is 17.5. The van der Waals surface area contributed by atoms with Crippen molar-refractivity contribution in [2.45, 2.75) is 39.2 Å². The third kappa shape index (κ3) is 5.97. The maximum atomic E-state index is 5.54. The smallest absolute Gasteiger partial charge is 0.191 e. The first kappa shape index (κ1) is 18.7. The fourth-order valence-electron chi connectivity index (χ4n) is 3.23. The number of nitrogens with zero attached hydrogens (tertiary/aromatic N) is 2. The summed E-state index contributed by atoms with van der Waals surface area (Å²) < 4.78 is 5.54. The van der Waals surface area contributed by atoms with Crippen LogP contribution >= 0.6 is 11.3 Å². The number of thiophene rings is 1. The molecule has 6 heteroatoms. The number of guanidine groups is 1. The monoisotopic (exact) mass is 364 g/mol. The predicted octanol–water partition coefficient (Wildman–Crippen LogP) is 2.79. The summed E-state index contributed by atoms with van der Waals surface area (Å²) in [5, 5.41) is 6.90. The highest BCUT2D eigenvalue weighted by Gasteiger charge is 2.24. The van der Waals surface area contributed by atoms with Crippen molar-refractivity contribution in [1.29, 1.82) is 0 Å². The van der Waals surface area contributed by atoms with E-state index in [-0.39, 0.29) is 0 Å². The molecule has 140 valence electrons. The molecule has 25 heavy (non-hydrogen) atoms. The number of ether oxygens (including phenoxy) is 1. The van der Waals surface area contributed by atoms with Crippen LogP contribution in [-0.2, 0) is 4.74 Å². The number of rotatable bonds is 8. The molecular formula is C19H32N4OS. The Bertz CT molecular complexity index is 549. The Kier molecular flexibility index (Phi) is 7.13. The Hall–Kier alpha value is -1.11. The molecule has 1 saturated heterocycles. The molecule has 2 N–H and O–H groups in total. The van der Waals surface area contributed by atoms with Crippen LogP contribution in [0.1, 0.15) is 42.0 Å². The summed E-state index contributed by atoms with van der Waals surface area (Å²) in [6.45, 7) is 10.6. The molecule has 0 amide bonds. The van der Waals surface area contributed by atoms with Gasteiger partial charge in [0.25, 0.3) is 0 Å². The summed E-state index contributed by atoms with van der Waals surface area (Å²) in [6.07, 6.45) is 4.08. The molecule has 2 heterocycles. The van der Waals surface area contributed by atoms with Gasteiger partial charge in [-0.05, 0) is 38.3 Å². The summed E-state index contributed by atoms with van der Waals surface area (Å²) in [5.74, 6) is 1.90. The van der Waals surface area contributed by atoms with Gasteiger partial charge in [-0.25, -0.2) is 0 Å². The summed E-state index contributed by atoms with van der Waals surface area (Å²) in [5.41, 5.74) is 0. The minimum Gasteiger partial charge on any atom is -0.379 e. The van der Waals surface area contributed by atoms with E-state index in [1.54, 1.807) is 0 Å². The van der Waals surface area contributed by atoms with Crippen LogP contribution in [-0.4, -0.2) is 56.8 Å². The molecule has 1 aromatic rings. The minimum atomic E-state index is 0.349. The minimum absolute atomic E-state index is 0.349. The van der Waals surface area contributed by atoms with Gasteiger partial charge in [0.1, 0.15) is 0 Å². The summed E-state index contributed by atoms with van der Waals surface area (Å²) >= 11 is 1.89. The zero-order valence-corrected chi connectivity index (χ0v) is 16.4. The van der Waals surface area contributed by atoms with Gasteiger partial charge < -0.3 is 15.4 Å². The van der Waals surface area contributed by atoms with Crippen LogP contribution in [0.5, 0.6) is 0 Å². The van der Waals surface area contributed by atoms with E-state index < -0.39 is 0 Å². The lowest BCUT2D eigenvalue weighted by molar-refractivity contribution is 0.0186. The Labute approximate surface area is 155 Å². The molecule has 1 saturated carbocycles. The Balaban J connectivity index is 1.63. The quantitative estimate of drug-likeness (QED) is 0.550. The maximum Gasteiger partial charge on any atom is 0.191 e. The molecule has 1 unspecified atom stereocenters. The normalized spacial score (nSPS) is 20.5. The molecule has 1 atom stereocenters. The lowest BCUT2D eigenvalue weighted by atomic mass is 10.2. The molecule has 2 aliphatic rings. The van der Waals surface area contributed by atoms with Crippen molar-refractivity contribution in [1.82, 2.24) is 15.5 Å². The lowest BCUT2D eigenvalue weighted by Gasteiger charge is -2.33. The summed E-state index contributed by atoms with van der Waals surface area (Å²) in [6, 6.07) is 4.83. The number of morpholine rings is 1. The average molecular weight is 365 g/mol. The molecule has 1 aliphatic carbocycles. The largest absolute Gasteiger partial charge is 0.379 e. The van der Waals surface area contributed by atoms with E-state index in [9.17, 15) is 0 Å².